The molecule has 0 saturated carbocycles. The Bertz CT molecular complexity index is 210. The summed E-state index contributed by atoms with van der Waals surface area (Å²) in [5.74, 6) is 1.05. The maximum absolute atomic E-state index is 4.26. The molecule has 2 bridgehead atoms. The van der Waals surface area contributed by atoms with Gasteiger partial charge in [-0.25, -0.2) is 0 Å². The van der Waals surface area contributed by atoms with Crippen molar-refractivity contribution in [2.24, 2.45) is 0 Å². The number of rotatable bonds is 5. The summed E-state index contributed by atoms with van der Waals surface area (Å²) in [6.07, 6.45) is 8.25. The standard InChI is InChI=1S/C13H26N2S/c1-14-12-5-6-13(14)11-15(9-7-12)8-3-2-4-10-16/h12-13,16H,2-11H2,1H3. The minimum absolute atomic E-state index is 0.845. The maximum atomic E-state index is 4.26. The SMILES string of the molecule is CN1C2CCC1CN(CCCCCS)CC2. The van der Waals surface area contributed by atoms with E-state index in [0.29, 0.717) is 0 Å². The zero-order chi connectivity index (χ0) is 11.4. The van der Waals surface area contributed by atoms with Gasteiger partial charge in [-0.3, -0.25) is 4.90 Å². The second kappa shape index (κ2) is 6.27. The minimum Gasteiger partial charge on any atom is -0.302 e. The number of hydrogen-bond donors (Lipinski definition) is 1. The van der Waals surface area contributed by atoms with Crippen molar-refractivity contribution in [3.05, 3.63) is 0 Å². The first-order valence-electron chi connectivity index (χ1n) is 6.86. The van der Waals surface area contributed by atoms with Gasteiger partial charge in [-0.2, -0.15) is 12.6 Å². The van der Waals surface area contributed by atoms with Crippen LogP contribution in [-0.4, -0.2) is 54.3 Å². The van der Waals surface area contributed by atoms with Crippen LogP contribution >= 0.6 is 12.6 Å². The van der Waals surface area contributed by atoms with Gasteiger partial charge >= 0.3 is 0 Å². The lowest BCUT2D eigenvalue weighted by atomic mass is 10.1. The highest BCUT2D eigenvalue weighted by Gasteiger charge is 2.34. The number of likely N-dealkylation sites (N-methyl/N-ethyl adjacent to an activating group) is 1. The van der Waals surface area contributed by atoms with Gasteiger partial charge in [0.2, 0.25) is 0 Å². The molecule has 0 spiro atoms. The van der Waals surface area contributed by atoms with E-state index in [0.717, 1.165) is 17.8 Å². The fraction of sp³-hybridized carbons (Fsp3) is 1.00. The fourth-order valence-corrected chi connectivity index (χ4v) is 3.43. The predicted octanol–water partition coefficient (Wildman–Crippen LogP) is 2.25. The molecule has 0 aromatic rings. The lowest BCUT2D eigenvalue weighted by Crippen LogP contribution is -2.37. The molecule has 94 valence electrons. The molecular weight excluding hydrogens is 216 g/mol. The number of nitrogens with zero attached hydrogens (tertiary/aromatic N) is 2. The number of fused-ring (bicyclic) bond motifs is 2. The molecule has 0 amide bonds. The molecule has 0 aliphatic carbocycles. The Hall–Kier alpha value is 0.270. The third-order valence-corrected chi connectivity index (χ3v) is 4.68. The van der Waals surface area contributed by atoms with Crippen LogP contribution in [0.1, 0.15) is 38.5 Å². The highest BCUT2D eigenvalue weighted by atomic mass is 32.1. The van der Waals surface area contributed by atoms with E-state index in [9.17, 15) is 0 Å². The quantitative estimate of drug-likeness (QED) is 0.583. The molecule has 0 aromatic carbocycles. The molecule has 2 atom stereocenters. The maximum Gasteiger partial charge on any atom is 0.0223 e. The van der Waals surface area contributed by atoms with Crippen molar-refractivity contribution >= 4 is 12.6 Å². The lowest BCUT2D eigenvalue weighted by molar-refractivity contribution is 0.217. The molecule has 2 unspecified atom stereocenters. The third-order valence-electron chi connectivity index (χ3n) is 4.37. The van der Waals surface area contributed by atoms with Crippen LogP contribution < -0.4 is 0 Å². The van der Waals surface area contributed by atoms with Gasteiger partial charge < -0.3 is 4.90 Å². The molecule has 2 aliphatic rings. The van der Waals surface area contributed by atoms with Gasteiger partial charge in [0.1, 0.15) is 0 Å². The summed E-state index contributed by atoms with van der Waals surface area (Å²) < 4.78 is 0. The van der Waals surface area contributed by atoms with E-state index in [2.05, 4.69) is 29.5 Å². The Morgan fingerprint density at radius 1 is 1.06 bits per heavy atom. The Morgan fingerprint density at radius 3 is 2.69 bits per heavy atom. The van der Waals surface area contributed by atoms with Gasteiger partial charge in [-0.05, 0) is 58.0 Å². The molecule has 2 saturated heterocycles. The van der Waals surface area contributed by atoms with Crippen molar-refractivity contribution in [2.45, 2.75) is 50.6 Å². The van der Waals surface area contributed by atoms with E-state index < -0.39 is 0 Å². The molecule has 2 rings (SSSR count). The molecule has 0 aromatic heterocycles. The van der Waals surface area contributed by atoms with E-state index in [-0.39, 0.29) is 0 Å². The average Bonchev–Trinajstić information content (AvgIpc) is 2.51. The van der Waals surface area contributed by atoms with Crippen LogP contribution in [0.4, 0.5) is 0 Å². The van der Waals surface area contributed by atoms with Crippen molar-refractivity contribution < 1.29 is 0 Å². The normalized spacial score (nSPS) is 31.9. The second-order valence-electron chi connectivity index (χ2n) is 5.42. The Morgan fingerprint density at radius 2 is 1.88 bits per heavy atom. The van der Waals surface area contributed by atoms with Gasteiger partial charge in [0, 0.05) is 18.6 Å². The van der Waals surface area contributed by atoms with Crippen molar-refractivity contribution in [1.29, 1.82) is 0 Å². The first-order valence-corrected chi connectivity index (χ1v) is 7.49. The van der Waals surface area contributed by atoms with E-state index in [1.165, 1.54) is 58.2 Å². The van der Waals surface area contributed by atoms with Crippen LogP contribution in [0, 0.1) is 0 Å². The zero-order valence-electron chi connectivity index (χ0n) is 10.6. The summed E-state index contributed by atoms with van der Waals surface area (Å²) >= 11 is 4.26. The Balaban J connectivity index is 1.71. The van der Waals surface area contributed by atoms with Gasteiger partial charge in [0.25, 0.3) is 0 Å². The second-order valence-corrected chi connectivity index (χ2v) is 5.87. The highest BCUT2D eigenvalue weighted by molar-refractivity contribution is 7.80. The highest BCUT2D eigenvalue weighted by Crippen LogP contribution is 2.28. The van der Waals surface area contributed by atoms with Crippen LogP contribution in [-0.2, 0) is 0 Å². The number of likely N-dealkylation sites (tertiary alicyclic amines) is 1. The molecule has 2 fully saturated rings. The summed E-state index contributed by atoms with van der Waals surface area (Å²) in [5.41, 5.74) is 0. The Labute approximate surface area is 106 Å². The Kier molecular flexibility index (Phi) is 4.98. The molecule has 2 heterocycles. The van der Waals surface area contributed by atoms with Gasteiger partial charge in [0.15, 0.2) is 0 Å². The summed E-state index contributed by atoms with van der Waals surface area (Å²) in [5, 5.41) is 0. The summed E-state index contributed by atoms with van der Waals surface area (Å²) in [6.45, 7) is 3.95. The monoisotopic (exact) mass is 242 g/mol. The number of unbranched alkanes of at least 4 members (excludes halogenated alkanes) is 2. The van der Waals surface area contributed by atoms with Gasteiger partial charge in [-0.15, -0.1) is 0 Å². The van der Waals surface area contributed by atoms with Crippen LogP contribution in [0.5, 0.6) is 0 Å². The molecule has 16 heavy (non-hydrogen) atoms. The van der Waals surface area contributed by atoms with Crippen LogP contribution in [0.15, 0.2) is 0 Å². The van der Waals surface area contributed by atoms with Gasteiger partial charge in [0.05, 0.1) is 0 Å². The molecular formula is C13H26N2S. The van der Waals surface area contributed by atoms with E-state index in [1.54, 1.807) is 0 Å². The predicted molar refractivity (Wildman–Crippen MR) is 73.3 cm³/mol. The minimum atomic E-state index is 0.845. The smallest absolute Gasteiger partial charge is 0.0223 e. The molecule has 2 aliphatic heterocycles. The summed E-state index contributed by atoms with van der Waals surface area (Å²) in [4.78, 5) is 5.33. The fourth-order valence-electron chi connectivity index (χ4n) is 3.21. The van der Waals surface area contributed by atoms with Crippen molar-refractivity contribution in [2.75, 3.05) is 32.4 Å². The molecule has 0 N–H and O–H groups in total. The third kappa shape index (κ3) is 3.14. The first-order chi connectivity index (χ1) is 7.81. The topological polar surface area (TPSA) is 6.48 Å². The van der Waals surface area contributed by atoms with Crippen molar-refractivity contribution in [3.8, 4) is 0 Å². The molecule has 0 radical (unpaired) electrons. The van der Waals surface area contributed by atoms with E-state index in [1.807, 2.05) is 0 Å². The van der Waals surface area contributed by atoms with Crippen LogP contribution in [0.25, 0.3) is 0 Å². The van der Waals surface area contributed by atoms with E-state index in [4.69, 9.17) is 0 Å². The van der Waals surface area contributed by atoms with Crippen molar-refractivity contribution in [3.63, 3.8) is 0 Å². The van der Waals surface area contributed by atoms with Crippen LogP contribution in [0.3, 0.4) is 0 Å². The number of thiol groups is 1. The van der Waals surface area contributed by atoms with Crippen LogP contribution in [0.2, 0.25) is 0 Å². The van der Waals surface area contributed by atoms with Crippen molar-refractivity contribution in [1.82, 2.24) is 9.80 Å². The first kappa shape index (κ1) is 12.7. The van der Waals surface area contributed by atoms with Gasteiger partial charge in [-0.1, -0.05) is 6.42 Å². The van der Waals surface area contributed by atoms with E-state index >= 15 is 0 Å². The average molecular weight is 242 g/mol. The lowest BCUT2D eigenvalue weighted by Gasteiger charge is -2.25. The largest absolute Gasteiger partial charge is 0.302 e. The summed E-state index contributed by atoms with van der Waals surface area (Å²) in [7, 11) is 2.33. The molecule has 3 heteroatoms. The zero-order valence-corrected chi connectivity index (χ0v) is 11.5. The number of hydrogen-bond acceptors (Lipinski definition) is 3. The summed E-state index contributed by atoms with van der Waals surface area (Å²) in [6, 6.07) is 1.73. The molecule has 2 nitrogen and oxygen atoms in total.